The highest BCUT2D eigenvalue weighted by molar-refractivity contribution is 5.92. The van der Waals surface area contributed by atoms with E-state index in [-0.39, 0.29) is 25.0 Å². The fraction of sp³-hybridized carbons (Fsp3) is 0.545. The molecule has 1 aromatic rings. The number of hydrogen-bond donors (Lipinski definition) is 3. The summed E-state index contributed by atoms with van der Waals surface area (Å²) in [7, 11) is 0. The summed E-state index contributed by atoms with van der Waals surface area (Å²) in [6, 6.07) is 0.283. The first kappa shape index (κ1) is 14.2. The Morgan fingerprint density at radius 3 is 2.89 bits per heavy atom. The molecule has 1 aromatic heterocycles. The second-order valence-electron chi connectivity index (χ2n) is 4.06. The van der Waals surface area contributed by atoms with Gasteiger partial charge in [-0.3, -0.25) is 14.3 Å². The zero-order valence-electron chi connectivity index (χ0n) is 10.5. The lowest BCUT2D eigenvalue weighted by Crippen LogP contribution is -2.33. The van der Waals surface area contributed by atoms with Crippen molar-refractivity contribution in [3.8, 4) is 0 Å². The lowest BCUT2D eigenvalue weighted by atomic mass is 10.2. The van der Waals surface area contributed by atoms with Gasteiger partial charge in [0.05, 0.1) is 18.4 Å². The Bertz CT molecular complexity index is 416. The van der Waals surface area contributed by atoms with Gasteiger partial charge in [0.25, 0.3) is 0 Å². The van der Waals surface area contributed by atoms with Crippen LogP contribution in [0.4, 0.5) is 5.69 Å². The summed E-state index contributed by atoms with van der Waals surface area (Å²) < 4.78 is 1.25. The lowest BCUT2D eigenvalue weighted by Gasteiger charge is -2.10. The smallest absolute Gasteiger partial charge is 0.325 e. The van der Waals surface area contributed by atoms with E-state index < -0.39 is 5.97 Å². The van der Waals surface area contributed by atoms with E-state index in [9.17, 15) is 9.59 Å². The van der Waals surface area contributed by atoms with Gasteiger partial charge in [-0.05, 0) is 13.3 Å². The largest absolute Gasteiger partial charge is 0.480 e. The van der Waals surface area contributed by atoms with Gasteiger partial charge >= 0.3 is 5.97 Å². The number of nitrogens with zero attached hydrogens (tertiary/aromatic N) is 2. The van der Waals surface area contributed by atoms with Crippen molar-refractivity contribution >= 4 is 17.6 Å². The highest BCUT2D eigenvalue weighted by atomic mass is 16.4. The molecule has 0 bridgehead atoms. The molecule has 7 heteroatoms. The minimum absolute atomic E-state index is 0.176. The van der Waals surface area contributed by atoms with Crippen LogP contribution < -0.4 is 10.6 Å². The summed E-state index contributed by atoms with van der Waals surface area (Å²) in [4.78, 5) is 22.0. The molecule has 0 saturated heterocycles. The lowest BCUT2D eigenvalue weighted by molar-refractivity contribution is -0.137. The molecule has 1 atom stereocenters. The summed E-state index contributed by atoms with van der Waals surface area (Å²) in [5.74, 6) is -1.15. The van der Waals surface area contributed by atoms with Crippen molar-refractivity contribution in [2.75, 3.05) is 11.9 Å². The summed E-state index contributed by atoms with van der Waals surface area (Å²) in [6.07, 6.45) is 3.85. The average molecular weight is 254 g/mol. The third kappa shape index (κ3) is 4.96. The molecule has 0 aliphatic rings. The van der Waals surface area contributed by atoms with Gasteiger partial charge in [0.1, 0.15) is 6.54 Å². The van der Waals surface area contributed by atoms with Gasteiger partial charge < -0.3 is 15.7 Å². The minimum atomic E-state index is -0.977. The number of amides is 1. The summed E-state index contributed by atoms with van der Waals surface area (Å²) in [5.41, 5.74) is 0.493. The van der Waals surface area contributed by atoms with Crippen LogP contribution >= 0.6 is 0 Å². The summed E-state index contributed by atoms with van der Waals surface area (Å²) in [6.45, 7) is 4.03. The molecule has 0 spiro atoms. The molecule has 0 aliphatic carbocycles. The maximum atomic E-state index is 11.5. The van der Waals surface area contributed by atoms with Gasteiger partial charge in [-0.25, -0.2) is 0 Å². The van der Waals surface area contributed by atoms with E-state index in [4.69, 9.17) is 5.11 Å². The van der Waals surface area contributed by atoms with Gasteiger partial charge in [0, 0.05) is 12.2 Å². The van der Waals surface area contributed by atoms with Crippen LogP contribution in [-0.2, 0) is 16.1 Å². The molecule has 0 aliphatic heterocycles. The van der Waals surface area contributed by atoms with E-state index in [0.717, 1.165) is 6.42 Å². The fourth-order valence-electron chi connectivity index (χ4n) is 1.27. The van der Waals surface area contributed by atoms with Crippen molar-refractivity contribution in [3.05, 3.63) is 12.4 Å². The number of anilines is 1. The molecule has 0 fully saturated rings. The molecule has 1 heterocycles. The Labute approximate surface area is 105 Å². The standard InChI is InChI=1S/C11H18N4O3/c1-3-8(2)12-5-10(16)14-9-4-13-15(6-9)7-11(17)18/h4,6,8,12H,3,5,7H2,1-2H3,(H,14,16)(H,17,18). The van der Waals surface area contributed by atoms with Crippen LogP contribution in [0.3, 0.4) is 0 Å². The molecule has 3 N–H and O–H groups in total. The molecular formula is C11H18N4O3. The quantitative estimate of drug-likeness (QED) is 0.650. The number of aliphatic carboxylic acids is 1. The van der Waals surface area contributed by atoms with Crippen LogP contribution in [0.2, 0.25) is 0 Å². The Hall–Kier alpha value is -1.89. The maximum absolute atomic E-state index is 11.5. The third-order valence-corrected chi connectivity index (χ3v) is 2.44. The average Bonchev–Trinajstić information content (AvgIpc) is 2.72. The zero-order chi connectivity index (χ0) is 13.5. The van der Waals surface area contributed by atoms with Gasteiger partial charge in [-0.15, -0.1) is 0 Å². The first-order valence-corrected chi connectivity index (χ1v) is 5.78. The summed E-state index contributed by atoms with van der Waals surface area (Å²) in [5, 5.41) is 18.1. The van der Waals surface area contributed by atoms with Crippen molar-refractivity contribution in [2.24, 2.45) is 0 Å². The van der Waals surface area contributed by atoms with Crippen LogP contribution in [-0.4, -0.2) is 39.4 Å². The van der Waals surface area contributed by atoms with E-state index in [1.165, 1.54) is 17.1 Å². The Balaban J connectivity index is 2.40. The molecule has 18 heavy (non-hydrogen) atoms. The van der Waals surface area contributed by atoms with E-state index in [1.807, 2.05) is 13.8 Å². The molecule has 0 saturated carbocycles. The number of nitrogens with one attached hydrogen (secondary N) is 2. The van der Waals surface area contributed by atoms with E-state index in [1.54, 1.807) is 0 Å². The second-order valence-corrected chi connectivity index (χ2v) is 4.06. The molecule has 0 radical (unpaired) electrons. The van der Waals surface area contributed by atoms with Crippen molar-refractivity contribution in [1.29, 1.82) is 0 Å². The predicted molar refractivity (Wildman–Crippen MR) is 66.2 cm³/mol. The number of rotatable bonds is 7. The molecule has 1 unspecified atom stereocenters. The van der Waals surface area contributed by atoms with Gasteiger partial charge in [0.15, 0.2) is 0 Å². The van der Waals surface area contributed by atoms with Crippen LogP contribution in [0.25, 0.3) is 0 Å². The topological polar surface area (TPSA) is 96.3 Å². The molecule has 7 nitrogen and oxygen atoms in total. The highest BCUT2D eigenvalue weighted by Gasteiger charge is 2.07. The van der Waals surface area contributed by atoms with Gasteiger partial charge in [0.2, 0.25) is 5.91 Å². The van der Waals surface area contributed by atoms with E-state index >= 15 is 0 Å². The number of aromatic nitrogens is 2. The fourth-order valence-corrected chi connectivity index (χ4v) is 1.27. The monoisotopic (exact) mass is 254 g/mol. The first-order chi connectivity index (χ1) is 8.51. The number of carboxylic acid groups (broad SMARTS) is 1. The second kappa shape index (κ2) is 6.75. The van der Waals surface area contributed by atoms with Crippen LogP contribution in [0, 0.1) is 0 Å². The van der Waals surface area contributed by atoms with Crippen molar-refractivity contribution in [3.63, 3.8) is 0 Å². The van der Waals surface area contributed by atoms with E-state index in [0.29, 0.717) is 5.69 Å². The molecule has 0 aromatic carbocycles. The van der Waals surface area contributed by atoms with Crippen molar-refractivity contribution in [2.45, 2.75) is 32.9 Å². The number of carbonyl (C=O) groups excluding carboxylic acids is 1. The van der Waals surface area contributed by atoms with Crippen molar-refractivity contribution in [1.82, 2.24) is 15.1 Å². The third-order valence-electron chi connectivity index (χ3n) is 2.44. The highest BCUT2D eigenvalue weighted by Crippen LogP contribution is 2.04. The Morgan fingerprint density at radius 2 is 2.28 bits per heavy atom. The number of carboxylic acids is 1. The van der Waals surface area contributed by atoms with Crippen LogP contribution in [0.15, 0.2) is 12.4 Å². The molecule has 1 amide bonds. The molecule has 1 rings (SSSR count). The first-order valence-electron chi connectivity index (χ1n) is 5.78. The normalized spacial score (nSPS) is 12.1. The minimum Gasteiger partial charge on any atom is -0.480 e. The van der Waals surface area contributed by atoms with Gasteiger partial charge in [-0.2, -0.15) is 5.10 Å². The Kier molecular flexibility index (Phi) is 5.31. The van der Waals surface area contributed by atoms with Crippen LogP contribution in [0.1, 0.15) is 20.3 Å². The maximum Gasteiger partial charge on any atom is 0.325 e. The number of hydrogen-bond acceptors (Lipinski definition) is 4. The molecular weight excluding hydrogens is 236 g/mol. The van der Waals surface area contributed by atoms with Gasteiger partial charge in [-0.1, -0.05) is 6.92 Å². The Morgan fingerprint density at radius 1 is 1.56 bits per heavy atom. The summed E-state index contributed by atoms with van der Waals surface area (Å²) >= 11 is 0. The SMILES string of the molecule is CCC(C)NCC(=O)Nc1cnn(CC(=O)O)c1. The number of carbonyl (C=O) groups is 2. The van der Waals surface area contributed by atoms with Crippen LogP contribution in [0.5, 0.6) is 0 Å². The van der Waals surface area contributed by atoms with Crippen molar-refractivity contribution < 1.29 is 14.7 Å². The molecule has 100 valence electrons. The zero-order valence-corrected chi connectivity index (χ0v) is 10.5. The van der Waals surface area contributed by atoms with E-state index in [2.05, 4.69) is 15.7 Å². The predicted octanol–water partition coefficient (Wildman–Crippen LogP) is 0.294.